The number of rotatable bonds is 11. The van der Waals surface area contributed by atoms with Crippen LogP contribution in [0.15, 0.2) is 30.3 Å². The van der Waals surface area contributed by atoms with E-state index in [1.54, 1.807) is 4.90 Å². The fourth-order valence-electron chi connectivity index (χ4n) is 7.48. The van der Waals surface area contributed by atoms with Crippen LogP contribution in [0.1, 0.15) is 45.6 Å². The maximum Gasteiger partial charge on any atom is 0.245 e. The Kier molecular flexibility index (Phi) is 8.52. The van der Waals surface area contributed by atoms with Gasteiger partial charge in [0.1, 0.15) is 11.6 Å². The Balaban J connectivity index is 1.42. The molecule has 4 aliphatic heterocycles. The summed E-state index contributed by atoms with van der Waals surface area (Å²) < 4.78 is 12.2. The van der Waals surface area contributed by atoms with Gasteiger partial charge in [-0.15, -0.1) is 0 Å². The molecule has 3 amide bonds. The zero-order valence-electron chi connectivity index (χ0n) is 23.9. The number of fused-ring (bicyclic) bond motifs is 1. The molecular weight excluding hydrogens is 512 g/mol. The molecule has 4 fully saturated rings. The SMILES string of the molecule is CC[C@]12CCC3(O1)C(C(=O)NCCN1CCOCC1)N([C@@H](CO)C(C)C)C(=O)[C@@H]3[C@H]2C(=O)NCc1ccccc1. The number of aliphatic hydroxyl groups is 1. The second-order valence-electron chi connectivity index (χ2n) is 12.0. The van der Waals surface area contributed by atoms with Crippen molar-refractivity contribution in [3.63, 3.8) is 0 Å². The molecule has 4 aliphatic rings. The Labute approximate surface area is 236 Å². The molecular formula is C30H44N4O6. The van der Waals surface area contributed by atoms with E-state index < -0.39 is 35.1 Å². The lowest BCUT2D eigenvalue weighted by atomic mass is 9.65. The van der Waals surface area contributed by atoms with Crippen molar-refractivity contribution in [3.8, 4) is 0 Å². The Hall–Kier alpha value is -2.53. The van der Waals surface area contributed by atoms with Crippen LogP contribution in [0.25, 0.3) is 0 Å². The molecule has 2 unspecified atom stereocenters. The second-order valence-corrected chi connectivity index (χ2v) is 12.0. The van der Waals surface area contributed by atoms with Gasteiger partial charge in [0.05, 0.1) is 43.3 Å². The predicted molar refractivity (Wildman–Crippen MR) is 148 cm³/mol. The van der Waals surface area contributed by atoms with Crippen LogP contribution in [0, 0.1) is 17.8 Å². The lowest BCUT2D eigenvalue weighted by molar-refractivity contribution is -0.152. The van der Waals surface area contributed by atoms with Gasteiger partial charge >= 0.3 is 0 Å². The summed E-state index contributed by atoms with van der Waals surface area (Å²) in [7, 11) is 0. The summed E-state index contributed by atoms with van der Waals surface area (Å²) in [6.45, 7) is 10.0. The van der Waals surface area contributed by atoms with Crippen molar-refractivity contribution >= 4 is 17.7 Å². The minimum absolute atomic E-state index is 0.0875. The lowest BCUT2D eigenvalue weighted by Crippen LogP contribution is -2.59. The van der Waals surface area contributed by atoms with Gasteiger partial charge in [0.15, 0.2) is 0 Å². The summed E-state index contributed by atoms with van der Waals surface area (Å²) >= 11 is 0. The van der Waals surface area contributed by atoms with Crippen molar-refractivity contribution < 1.29 is 29.0 Å². The summed E-state index contributed by atoms with van der Waals surface area (Å²) in [6, 6.07) is 8.20. The van der Waals surface area contributed by atoms with Crippen LogP contribution in [-0.2, 0) is 30.4 Å². The van der Waals surface area contributed by atoms with Gasteiger partial charge in [-0.2, -0.15) is 0 Å². The van der Waals surface area contributed by atoms with Crippen LogP contribution in [-0.4, -0.2) is 102 Å². The summed E-state index contributed by atoms with van der Waals surface area (Å²) in [5, 5.41) is 16.5. The highest BCUT2D eigenvalue weighted by Crippen LogP contribution is 2.64. The average Bonchev–Trinajstić information content (AvgIpc) is 3.57. The third-order valence-corrected chi connectivity index (χ3v) is 9.60. The maximum atomic E-state index is 14.3. The first kappa shape index (κ1) is 29.0. The van der Waals surface area contributed by atoms with E-state index in [9.17, 15) is 19.5 Å². The van der Waals surface area contributed by atoms with Crippen molar-refractivity contribution in [2.75, 3.05) is 46.0 Å². The molecule has 10 heteroatoms. The Bertz CT molecular complexity index is 1080. The molecule has 4 heterocycles. The van der Waals surface area contributed by atoms with Crippen LogP contribution >= 0.6 is 0 Å². The molecule has 220 valence electrons. The minimum Gasteiger partial charge on any atom is -0.394 e. The number of benzene rings is 1. The number of amides is 3. The Morgan fingerprint density at radius 3 is 2.48 bits per heavy atom. The van der Waals surface area contributed by atoms with Crippen molar-refractivity contribution in [2.45, 2.75) is 69.9 Å². The number of carbonyl (C=O) groups excluding carboxylic acids is 3. The zero-order valence-corrected chi connectivity index (χ0v) is 23.9. The third kappa shape index (κ3) is 4.93. The van der Waals surface area contributed by atoms with E-state index in [1.807, 2.05) is 51.1 Å². The van der Waals surface area contributed by atoms with Gasteiger partial charge in [-0.25, -0.2) is 0 Å². The number of hydrogen-bond acceptors (Lipinski definition) is 7. The number of morpholine rings is 1. The molecule has 1 spiro atoms. The molecule has 2 bridgehead atoms. The summed E-state index contributed by atoms with van der Waals surface area (Å²) in [5.41, 5.74) is -0.934. The van der Waals surface area contributed by atoms with Crippen LogP contribution in [0.3, 0.4) is 0 Å². The highest BCUT2D eigenvalue weighted by atomic mass is 16.5. The van der Waals surface area contributed by atoms with Crippen LogP contribution in [0.2, 0.25) is 0 Å². The van der Waals surface area contributed by atoms with Crippen molar-refractivity contribution in [1.29, 1.82) is 0 Å². The minimum atomic E-state index is -1.10. The van der Waals surface area contributed by atoms with Crippen molar-refractivity contribution in [1.82, 2.24) is 20.4 Å². The summed E-state index contributed by atoms with van der Waals surface area (Å²) in [6.07, 6.45) is 1.70. The van der Waals surface area contributed by atoms with Crippen LogP contribution < -0.4 is 10.6 Å². The third-order valence-electron chi connectivity index (χ3n) is 9.60. The number of nitrogens with zero attached hydrogens (tertiary/aromatic N) is 2. The van der Waals surface area contributed by atoms with E-state index in [-0.39, 0.29) is 30.2 Å². The van der Waals surface area contributed by atoms with Crippen LogP contribution in [0.4, 0.5) is 0 Å². The van der Waals surface area contributed by atoms with E-state index in [0.717, 1.165) is 18.7 Å². The molecule has 4 saturated heterocycles. The maximum absolute atomic E-state index is 14.3. The Morgan fingerprint density at radius 2 is 1.82 bits per heavy atom. The van der Waals surface area contributed by atoms with E-state index in [1.165, 1.54) is 0 Å². The molecule has 1 aromatic carbocycles. The lowest BCUT2D eigenvalue weighted by Gasteiger charge is -2.39. The van der Waals surface area contributed by atoms with Gasteiger partial charge in [-0.3, -0.25) is 19.3 Å². The van der Waals surface area contributed by atoms with Gasteiger partial charge in [0, 0.05) is 32.7 Å². The van der Waals surface area contributed by atoms with E-state index in [4.69, 9.17) is 9.47 Å². The molecule has 0 aromatic heterocycles. The normalized spacial score (nSPS) is 32.4. The predicted octanol–water partition coefficient (Wildman–Crippen LogP) is 0.923. The number of aliphatic hydroxyl groups excluding tert-OH is 1. The second kappa shape index (κ2) is 11.8. The van der Waals surface area contributed by atoms with Gasteiger partial charge in [0.25, 0.3) is 0 Å². The van der Waals surface area contributed by atoms with E-state index in [0.29, 0.717) is 52.1 Å². The fraction of sp³-hybridized carbons (Fsp3) is 0.700. The number of likely N-dealkylation sites (tertiary alicyclic amines) is 1. The van der Waals surface area contributed by atoms with Crippen molar-refractivity contribution in [3.05, 3.63) is 35.9 Å². The van der Waals surface area contributed by atoms with E-state index >= 15 is 0 Å². The zero-order chi connectivity index (χ0) is 28.5. The van der Waals surface area contributed by atoms with Gasteiger partial charge in [0.2, 0.25) is 17.7 Å². The van der Waals surface area contributed by atoms with E-state index in [2.05, 4.69) is 15.5 Å². The van der Waals surface area contributed by atoms with Gasteiger partial charge < -0.3 is 30.1 Å². The highest BCUT2D eigenvalue weighted by molar-refractivity contribution is 5.99. The molecule has 10 nitrogen and oxygen atoms in total. The first-order chi connectivity index (χ1) is 19.3. The molecule has 6 atom stereocenters. The molecule has 0 radical (unpaired) electrons. The van der Waals surface area contributed by atoms with Crippen molar-refractivity contribution in [2.24, 2.45) is 17.8 Å². The van der Waals surface area contributed by atoms with Gasteiger partial charge in [-0.05, 0) is 30.7 Å². The number of ether oxygens (including phenoxy) is 2. The summed E-state index contributed by atoms with van der Waals surface area (Å²) in [4.78, 5) is 45.9. The quantitative estimate of drug-likeness (QED) is 0.371. The Morgan fingerprint density at radius 1 is 1.10 bits per heavy atom. The number of carbonyl (C=O) groups is 3. The monoisotopic (exact) mass is 556 g/mol. The molecule has 5 rings (SSSR count). The number of nitrogens with one attached hydrogen (secondary N) is 2. The van der Waals surface area contributed by atoms with Crippen LogP contribution in [0.5, 0.6) is 0 Å². The molecule has 40 heavy (non-hydrogen) atoms. The smallest absolute Gasteiger partial charge is 0.245 e. The highest BCUT2D eigenvalue weighted by Gasteiger charge is 2.79. The fourth-order valence-corrected chi connectivity index (χ4v) is 7.48. The summed E-state index contributed by atoms with van der Waals surface area (Å²) in [5.74, 6) is -2.33. The first-order valence-corrected chi connectivity index (χ1v) is 14.8. The van der Waals surface area contributed by atoms with Gasteiger partial charge in [-0.1, -0.05) is 51.1 Å². The standard InChI is InChI=1S/C30H44N4O6/c1-4-29-10-11-30(40-29)24(23(29)26(36)32-18-21-8-6-5-7-9-21)28(38)34(22(19-35)20(2)3)25(30)27(37)31-12-13-33-14-16-39-17-15-33/h5-9,20,22-25,35H,4,10-19H2,1-3H3,(H,31,37)(H,32,36)/t22-,23-,24-,25?,29+,30?/m0/s1. The first-order valence-electron chi connectivity index (χ1n) is 14.8. The molecule has 0 saturated carbocycles. The molecule has 1 aromatic rings. The largest absolute Gasteiger partial charge is 0.394 e. The average molecular weight is 557 g/mol. The topological polar surface area (TPSA) is 120 Å². The number of hydrogen-bond donors (Lipinski definition) is 3. The molecule has 0 aliphatic carbocycles. The molecule has 3 N–H and O–H groups in total.